The lowest BCUT2D eigenvalue weighted by atomic mass is 9.86. The molecule has 1 aromatic carbocycles. The molecule has 1 atom stereocenters. The normalized spacial score (nSPS) is 22.3. The van der Waals surface area contributed by atoms with Crippen LogP contribution in [0.4, 0.5) is 0 Å². The Hall–Kier alpha value is -2.09. The van der Waals surface area contributed by atoms with E-state index < -0.39 is 0 Å². The van der Waals surface area contributed by atoms with E-state index >= 15 is 0 Å². The molecule has 1 unspecified atom stereocenters. The number of fused-ring (bicyclic) bond motifs is 3. The summed E-state index contributed by atoms with van der Waals surface area (Å²) in [7, 11) is 1.64. The number of rotatable bonds is 3. The average Bonchev–Trinajstić information content (AvgIpc) is 3.20. The van der Waals surface area contributed by atoms with Crippen LogP contribution in [0.3, 0.4) is 0 Å². The molecule has 1 aromatic heterocycles. The van der Waals surface area contributed by atoms with Crippen LogP contribution in [-0.2, 0) is 23.2 Å². The molecule has 6 nitrogen and oxygen atoms in total. The topological polar surface area (TPSA) is 68.8 Å². The maximum absolute atomic E-state index is 13.0. The molecule has 0 bridgehead atoms. The Morgan fingerprint density at radius 3 is 3.00 bits per heavy atom. The van der Waals surface area contributed by atoms with Crippen molar-refractivity contribution < 1.29 is 19.0 Å². The summed E-state index contributed by atoms with van der Waals surface area (Å²) < 4.78 is 17.5. The zero-order chi connectivity index (χ0) is 19.8. The largest absolute Gasteiger partial charge is 0.493 e. The summed E-state index contributed by atoms with van der Waals surface area (Å²) in [5.41, 5.74) is 2.14. The van der Waals surface area contributed by atoms with Crippen molar-refractivity contribution in [2.75, 3.05) is 33.4 Å². The van der Waals surface area contributed by atoms with Gasteiger partial charge >= 0.3 is 0 Å². The average molecular weight is 415 g/mol. The van der Waals surface area contributed by atoms with Gasteiger partial charge in [0.15, 0.2) is 11.5 Å². The second kappa shape index (κ2) is 7.63. The van der Waals surface area contributed by atoms with Crippen LogP contribution in [0.1, 0.15) is 38.5 Å². The van der Waals surface area contributed by atoms with Gasteiger partial charge < -0.3 is 24.8 Å². The Morgan fingerprint density at radius 2 is 2.17 bits per heavy atom. The molecular weight excluding hydrogens is 388 g/mol. The monoisotopic (exact) mass is 414 g/mol. The predicted octanol–water partition coefficient (Wildman–Crippen LogP) is 2.64. The Kier molecular flexibility index (Phi) is 4.97. The third kappa shape index (κ3) is 3.41. The smallest absolute Gasteiger partial charge is 0.261 e. The second-order valence-corrected chi connectivity index (χ2v) is 8.99. The molecule has 0 radical (unpaired) electrons. The lowest BCUT2D eigenvalue weighted by Gasteiger charge is -2.40. The fourth-order valence-electron chi connectivity index (χ4n) is 4.64. The zero-order valence-electron chi connectivity index (χ0n) is 16.6. The Labute approximate surface area is 174 Å². The molecule has 154 valence electrons. The first-order chi connectivity index (χ1) is 14.2. The number of hydrogen-bond donors (Lipinski definition) is 2. The minimum atomic E-state index is -0.203. The van der Waals surface area contributed by atoms with Gasteiger partial charge in [-0.1, -0.05) is 12.1 Å². The fraction of sp³-hybridized carbons (Fsp3) is 0.500. The Morgan fingerprint density at radius 1 is 1.31 bits per heavy atom. The summed E-state index contributed by atoms with van der Waals surface area (Å²) >= 11 is 1.60. The molecule has 5 rings (SSSR count). The van der Waals surface area contributed by atoms with Gasteiger partial charge in [0.2, 0.25) is 0 Å². The van der Waals surface area contributed by atoms with E-state index in [1.807, 2.05) is 18.2 Å². The minimum Gasteiger partial charge on any atom is -0.493 e. The van der Waals surface area contributed by atoms with Gasteiger partial charge in [0.1, 0.15) is 12.2 Å². The highest BCUT2D eigenvalue weighted by Crippen LogP contribution is 2.44. The first-order valence-corrected chi connectivity index (χ1v) is 11.1. The van der Waals surface area contributed by atoms with Crippen LogP contribution >= 0.6 is 11.3 Å². The molecule has 1 spiro atoms. The summed E-state index contributed by atoms with van der Waals surface area (Å²) in [5.74, 6) is 1.51. The number of ether oxygens (including phenoxy) is 3. The molecule has 0 saturated carbocycles. The van der Waals surface area contributed by atoms with Crippen molar-refractivity contribution in [3.63, 3.8) is 0 Å². The fourth-order valence-corrected chi connectivity index (χ4v) is 5.95. The summed E-state index contributed by atoms with van der Waals surface area (Å²) in [4.78, 5) is 15.0. The van der Waals surface area contributed by atoms with Crippen molar-refractivity contribution in [1.82, 2.24) is 10.6 Å². The number of piperidine rings is 1. The number of benzene rings is 1. The first-order valence-electron chi connectivity index (χ1n) is 10.3. The summed E-state index contributed by atoms with van der Waals surface area (Å²) in [6.45, 7) is 3.10. The molecule has 2 N–H and O–H groups in total. The highest BCUT2D eigenvalue weighted by molar-refractivity contribution is 7.14. The summed E-state index contributed by atoms with van der Waals surface area (Å²) in [6, 6.07) is 7.90. The molecule has 0 aliphatic carbocycles. The summed E-state index contributed by atoms with van der Waals surface area (Å²) in [5, 5.41) is 6.58. The van der Waals surface area contributed by atoms with E-state index in [1.165, 1.54) is 10.4 Å². The van der Waals surface area contributed by atoms with E-state index in [4.69, 9.17) is 14.2 Å². The predicted molar refractivity (Wildman–Crippen MR) is 111 cm³/mol. The number of para-hydroxylation sites is 1. The zero-order valence-corrected chi connectivity index (χ0v) is 17.4. The van der Waals surface area contributed by atoms with Crippen molar-refractivity contribution in [1.29, 1.82) is 0 Å². The van der Waals surface area contributed by atoms with Crippen LogP contribution in [0, 0.1) is 0 Å². The van der Waals surface area contributed by atoms with Crippen LogP contribution in [-0.4, -0.2) is 45.4 Å². The number of amides is 1. The molecule has 1 saturated heterocycles. The number of hydrogen-bond acceptors (Lipinski definition) is 6. The lowest BCUT2D eigenvalue weighted by molar-refractivity contribution is -0.0771. The SMILES string of the molecule is COc1cccc2c1OCC(NC(=O)c1cc3c(s1)C1(CCNCC1)OCC3)C2. The number of carbonyl (C=O) groups is 1. The van der Waals surface area contributed by atoms with Crippen molar-refractivity contribution in [2.45, 2.75) is 37.3 Å². The molecule has 7 heteroatoms. The third-order valence-corrected chi connectivity index (χ3v) is 7.48. The first kappa shape index (κ1) is 18.9. The molecule has 4 heterocycles. The van der Waals surface area contributed by atoms with E-state index in [9.17, 15) is 4.79 Å². The van der Waals surface area contributed by atoms with E-state index in [2.05, 4.69) is 16.7 Å². The quantitative estimate of drug-likeness (QED) is 0.808. The van der Waals surface area contributed by atoms with E-state index in [1.54, 1.807) is 18.4 Å². The number of carbonyl (C=O) groups excluding carboxylic acids is 1. The van der Waals surface area contributed by atoms with Gasteiger partial charge in [-0.2, -0.15) is 0 Å². The third-order valence-electron chi connectivity index (χ3n) is 6.12. The van der Waals surface area contributed by atoms with Crippen LogP contribution in [0.2, 0.25) is 0 Å². The van der Waals surface area contributed by atoms with Gasteiger partial charge in [0.25, 0.3) is 5.91 Å². The van der Waals surface area contributed by atoms with Gasteiger partial charge in [-0.3, -0.25) is 4.79 Å². The Bertz CT molecular complexity index is 920. The minimum absolute atomic E-state index is 0.0200. The lowest BCUT2D eigenvalue weighted by Crippen LogP contribution is -2.44. The van der Waals surface area contributed by atoms with Gasteiger partial charge in [-0.05, 0) is 56.5 Å². The summed E-state index contributed by atoms with van der Waals surface area (Å²) in [6.07, 6.45) is 3.56. The van der Waals surface area contributed by atoms with Crippen molar-refractivity contribution in [2.24, 2.45) is 0 Å². The van der Waals surface area contributed by atoms with Crippen molar-refractivity contribution >= 4 is 17.2 Å². The van der Waals surface area contributed by atoms with E-state index in [0.29, 0.717) is 6.61 Å². The van der Waals surface area contributed by atoms with E-state index in [-0.39, 0.29) is 17.6 Å². The maximum atomic E-state index is 13.0. The van der Waals surface area contributed by atoms with Crippen LogP contribution in [0.25, 0.3) is 0 Å². The molecule has 29 heavy (non-hydrogen) atoms. The van der Waals surface area contributed by atoms with Crippen molar-refractivity contribution in [3.05, 3.63) is 45.1 Å². The molecule has 2 aromatic rings. The van der Waals surface area contributed by atoms with Gasteiger partial charge in [0, 0.05) is 10.4 Å². The van der Waals surface area contributed by atoms with Gasteiger partial charge in [-0.15, -0.1) is 11.3 Å². The van der Waals surface area contributed by atoms with Crippen LogP contribution in [0.15, 0.2) is 24.3 Å². The number of thiophene rings is 1. The molecule has 3 aliphatic heterocycles. The molecule has 1 fully saturated rings. The highest BCUT2D eigenvalue weighted by atomic mass is 32.1. The second-order valence-electron chi connectivity index (χ2n) is 7.94. The van der Waals surface area contributed by atoms with Crippen molar-refractivity contribution in [3.8, 4) is 11.5 Å². The van der Waals surface area contributed by atoms with Gasteiger partial charge in [-0.25, -0.2) is 0 Å². The Balaban J connectivity index is 1.32. The number of methoxy groups -OCH3 is 1. The highest BCUT2D eigenvalue weighted by Gasteiger charge is 2.41. The standard InChI is InChI=1S/C22H26N2O4S/c1-26-17-4-2-3-14-11-16(13-27-19(14)17)24-21(25)18-12-15-5-10-28-22(20(15)29-18)6-8-23-9-7-22/h2-4,12,16,23H,5-11,13H2,1H3,(H,24,25). The van der Waals surface area contributed by atoms with Gasteiger partial charge in [0.05, 0.1) is 24.6 Å². The molecule has 1 amide bonds. The molecule has 3 aliphatic rings. The van der Waals surface area contributed by atoms with Crippen LogP contribution < -0.4 is 20.1 Å². The number of nitrogens with one attached hydrogen (secondary N) is 2. The maximum Gasteiger partial charge on any atom is 0.261 e. The van der Waals surface area contributed by atoms with E-state index in [0.717, 1.165) is 67.3 Å². The molecular formula is C22H26N2O4S. The van der Waals surface area contributed by atoms with Crippen LogP contribution in [0.5, 0.6) is 11.5 Å².